The van der Waals surface area contributed by atoms with E-state index in [1.807, 2.05) is 55.5 Å². The molecule has 0 aliphatic carbocycles. The van der Waals surface area contributed by atoms with Crippen molar-refractivity contribution in [1.82, 2.24) is 0 Å². The zero-order valence-electron chi connectivity index (χ0n) is 13.5. The van der Waals surface area contributed by atoms with E-state index in [-0.39, 0.29) is 5.91 Å². The molecule has 0 saturated heterocycles. The minimum Gasteiger partial charge on any atom is -0.383 e. The van der Waals surface area contributed by atoms with E-state index in [2.05, 4.69) is 24.5 Å². The Morgan fingerprint density at radius 1 is 1.09 bits per heavy atom. The lowest BCUT2D eigenvalue weighted by atomic mass is 10.1. The summed E-state index contributed by atoms with van der Waals surface area (Å²) in [7, 11) is 0. The first-order valence-corrected chi connectivity index (χ1v) is 7.79. The second-order valence-electron chi connectivity index (χ2n) is 5.74. The van der Waals surface area contributed by atoms with Crippen molar-refractivity contribution in [2.24, 2.45) is 0 Å². The predicted octanol–water partition coefficient (Wildman–Crippen LogP) is 4.39. The van der Waals surface area contributed by atoms with Gasteiger partial charge in [-0.3, -0.25) is 4.79 Å². The third kappa shape index (κ3) is 4.92. The average Bonchev–Trinajstić information content (AvgIpc) is 2.49. The number of anilines is 2. The third-order valence-corrected chi connectivity index (χ3v) is 3.64. The van der Waals surface area contributed by atoms with Gasteiger partial charge in [-0.2, -0.15) is 0 Å². The number of hydrogen-bond acceptors (Lipinski definition) is 2. The lowest BCUT2D eigenvalue weighted by molar-refractivity contribution is -0.115. The lowest BCUT2D eigenvalue weighted by Crippen LogP contribution is -2.15. The van der Waals surface area contributed by atoms with E-state index < -0.39 is 0 Å². The van der Waals surface area contributed by atoms with Crippen LogP contribution in [-0.2, 0) is 11.2 Å². The minimum absolute atomic E-state index is 0.00763. The highest BCUT2D eigenvalue weighted by Crippen LogP contribution is 2.15. The van der Waals surface area contributed by atoms with Crippen molar-refractivity contribution in [3.8, 4) is 0 Å². The van der Waals surface area contributed by atoms with Gasteiger partial charge in [0.15, 0.2) is 0 Å². The van der Waals surface area contributed by atoms with E-state index in [4.69, 9.17) is 0 Å². The van der Waals surface area contributed by atoms with Crippen LogP contribution in [0, 0.1) is 6.92 Å². The molecule has 3 nitrogen and oxygen atoms in total. The fourth-order valence-electron chi connectivity index (χ4n) is 2.25. The molecular weight excluding hydrogens is 272 g/mol. The van der Waals surface area contributed by atoms with Crippen LogP contribution in [-0.4, -0.2) is 11.9 Å². The Hall–Kier alpha value is -2.29. The van der Waals surface area contributed by atoms with Crippen LogP contribution in [0.1, 0.15) is 31.4 Å². The van der Waals surface area contributed by atoms with E-state index in [1.54, 1.807) is 0 Å². The lowest BCUT2D eigenvalue weighted by Gasteiger charge is -2.13. The van der Waals surface area contributed by atoms with Gasteiger partial charge in [0, 0.05) is 17.4 Å². The number of carbonyl (C=O) groups excluding carboxylic acids is 1. The summed E-state index contributed by atoms with van der Waals surface area (Å²) in [6.45, 7) is 6.33. The van der Waals surface area contributed by atoms with E-state index >= 15 is 0 Å². The third-order valence-electron chi connectivity index (χ3n) is 3.64. The van der Waals surface area contributed by atoms with Crippen molar-refractivity contribution < 1.29 is 4.79 Å². The molecule has 0 radical (unpaired) electrons. The summed E-state index contributed by atoms with van der Waals surface area (Å²) in [5.41, 5.74) is 4.11. The monoisotopic (exact) mass is 296 g/mol. The molecule has 0 heterocycles. The standard InChI is InChI=1S/C19H24N2O/c1-4-15(3)20-17-8-10-18(11-9-17)21-19(22)13-16-7-5-6-14(2)12-16/h5-12,15,20H,4,13H2,1-3H3,(H,21,22). The molecule has 2 rings (SSSR count). The predicted molar refractivity (Wildman–Crippen MR) is 93.3 cm³/mol. The number of benzene rings is 2. The van der Waals surface area contributed by atoms with Gasteiger partial charge in [-0.15, -0.1) is 0 Å². The summed E-state index contributed by atoms with van der Waals surface area (Å²) in [6.07, 6.45) is 1.48. The molecule has 0 spiro atoms. The van der Waals surface area contributed by atoms with E-state index in [1.165, 1.54) is 5.56 Å². The molecule has 0 aliphatic rings. The fraction of sp³-hybridized carbons (Fsp3) is 0.316. The molecule has 2 aromatic carbocycles. The number of rotatable bonds is 6. The Balaban J connectivity index is 1.91. The van der Waals surface area contributed by atoms with Crippen LogP contribution in [0.4, 0.5) is 11.4 Å². The molecule has 2 aromatic rings. The van der Waals surface area contributed by atoms with Crippen LogP contribution >= 0.6 is 0 Å². The van der Waals surface area contributed by atoms with Crippen molar-refractivity contribution in [1.29, 1.82) is 0 Å². The Kier molecular flexibility index (Phi) is 5.59. The molecule has 3 heteroatoms. The van der Waals surface area contributed by atoms with Crippen molar-refractivity contribution >= 4 is 17.3 Å². The molecule has 2 N–H and O–H groups in total. The normalized spacial score (nSPS) is 11.8. The minimum atomic E-state index is 0.00763. The summed E-state index contributed by atoms with van der Waals surface area (Å²) in [4.78, 5) is 12.1. The van der Waals surface area contributed by atoms with Crippen molar-refractivity contribution in [3.05, 3.63) is 59.7 Å². The van der Waals surface area contributed by atoms with E-state index in [0.29, 0.717) is 12.5 Å². The summed E-state index contributed by atoms with van der Waals surface area (Å²) >= 11 is 0. The fourth-order valence-corrected chi connectivity index (χ4v) is 2.25. The van der Waals surface area contributed by atoms with Crippen LogP contribution < -0.4 is 10.6 Å². The van der Waals surface area contributed by atoms with E-state index in [0.717, 1.165) is 23.4 Å². The van der Waals surface area contributed by atoms with Crippen LogP contribution in [0.25, 0.3) is 0 Å². The van der Waals surface area contributed by atoms with Gasteiger partial charge >= 0.3 is 0 Å². The SMILES string of the molecule is CCC(C)Nc1ccc(NC(=O)Cc2cccc(C)c2)cc1. The van der Waals surface area contributed by atoms with Gasteiger partial charge in [0.2, 0.25) is 5.91 Å². The van der Waals surface area contributed by atoms with Gasteiger partial charge in [-0.1, -0.05) is 36.8 Å². The first-order valence-electron chi connectivity index (χ1n) is 7.79. The quantitative estimate of drug-likeness (QED) is 0.830. The van der Waals surface area contributed by atoms with Gasteiger partial charge in [0.05, 0.1) is 6.42 Å². The second kappa shape index (κ2) is 7.64. The zero-order chi connectivity index (χ0) is 15.9. The number of carbonyl (C=O) groups is 1. The molecule has 0 aliphatic heterocycles. The van der Waals surface area contributed by atoms with Crippen LogP contribution in [0.3, 0.4) is 0 Å². The molecule has 0 saturated carbocycles. The smallest absolute Gasteiger partial charge is 0.228 e. The van der Waals surface area contributed by atoms with E-state index in [9.17, 15) is 4.79 Å². The van der Waals surface area contributed by atoms with Gasteiger partial charge in [0.1, 0.15) is 0 Å². The largest absolute Gasteiger partial charge is 0.383 e. The highest BCUT2D eigenvalue weighted by atomic mass is 16.1. The van der Waals surface area contributed by atoms with Crippen molar-refractivity contribution in [2.75, 3.05) is 10.6 Å². The Morgan fingerprint density at radius 3 is 2.41 bits per heavy atom. The molecule has 0 aromatic heterocycles. The second-order valence-corrected chi connectivity index (χ2v) is 5.74. The molecule has 0 bridgehead atoms. The summed E-state index contributed by atoms with van der Waals surface area (Å²) < 4.78 is 0. The molecule has 1 amide bonds. The van der Waals surface area contributed by atoms with Gasteiger partial charge in [0.25, 0.3) is 0 Å². The van der Waals surface area contributed by atoms with Crippen molar-refractivity contribution in [3.63, 3.8) is 0 Å². The topological polar surface area (TPSA) is 41.1 Å². The Morgan fingerprint density at radius 2 is 1.77 bits per heavy atom. The number of amides is 1. The van der Waals surface area contributed by atoms with Gasteiger partial charge in [-0.25, -0.2) is 0 Å². The maximum Gasteiger partial charge on any atom is 0.228 e. The van der Waals surface area contributed by atoms with Crippen LogP contribution in [0.5, 0.6) is 0 Å². The average molecular weight is 296 g/mol. The summed E-state index contributed by atoms with van der Waals surface area (Å²) in [5, 5.41) is 6.34. The van der Waals surface area contributed by atoms with Crippen LogP contribution in [0.2, 0.25) is 0 Å². The van der Waals surface area contributed by atoms with Crippen molar-refractivity contribution in [2.45, 2.75) is 39.7 Å². The highest BCUT2D eigenvalue weighted by molar-refractivity contribution is 5.92. The zero-order valence-corrected chi connectivity index (χ0v) is 13.5. The number of aryl methyl sites for hydroxylation is 1. The Bertz CT molecular complexity index is 620. The first kappa shape index (κ1) is 16.1. The summed E-state index contributed by atoms with van der Waals surface area (Å²) in [6, 6.07) is 16.3. The number of hydrogen-bond donors (Lipinski definition) is 2. The maximum absolute atomic E-state index is 12.1. The molecule has 22 heavy (non-hydrogen) atoms. The molecule has 1 atom stereocenters. The Labute approximate surface area is 132 Å². The highest BCUT2D eigenvalue weighted by Gasteiger charge is 2.05. The first-order chi connectivity index (χ1) is 10.6. The van der Waals surface area contributed by atoms with Gasteiger partial charge in [-0.05, 0) is 50.1 Å². The van der Waals surface area contributed by atoms with Gasteiger partial charge < -0.3 is 10.6 Å². The molecular formula is C19H24N2O. The summed E-state index contributed by atoms with van der Waals surface area (Å²) in [5.74, 6) is 0.00763. The maximum atomic E-state index is 12.1. The molecule has 116 valence electrons. The number of nitrogens with one attached hydrogen (secondary N) is 2. The molecule has 1 unspecified atom stereocenters. The molecule has 0 fully saturated rings. The van der Waals surface area contributed by atoms with Crippen LogP contribution in [0.15, 0.2) is 48.5 Å².